The highest BCUT2D eigenvalue weighted by atomic mass is 19.1. The Morgan fingerprint density at radius 3 is 2.61 bits per heavy atom. The van der Waals surface area contributed by atoms with E-state index in [2.05, 4.69) is 4.98 Å². The standard InChI is InChI=1S/C22H20F2N2O2/c1-15-6-7-16(2)21(11-15)28-14-22(27)26(13-18-5-3-4-10-25-18)20-9-8-17(23)12-19(20)24/h3-12H,13-14H2,1-2H3. The number of carbonyl (C=O) groups is 1. The lowest BCUT2D eigenvalue weighted by Crippen LogP contribution is -2.35. The zero-order valence-electron chi connectivity index (χ0n) is 15.7. The molecule has 0 aliphatic rings. The number of hydrogen-bond donors (Lipinski definition) is 0. The van der Waals surface area contributed by atoms with Crippen molar-refractivity contribution in [2.75, 3.05) is 11.5 Å². The number of aryl methyl sites for hydroxylation is 2. The molecule has 0 saturated heterocycles. The Balaban J connectivity index is 1.85. The van der Waals surface area contributed by atoms with E-state index in [1.807, 2.05) is 32.0 Å². The summed E-state index contributed by atoms with van der Waals surface area (Å²) in [6.07, 6.45) is 1.59. The minimum atomic E-state index is -0.823. The lowest BCUT2D eigenvalue weighted by Gasteiger charge is -2.23. The Hall–Kier alpha value is -3.28. The van der Waals surface area contributed by atoms with E-state index >= 15 is 0 Å². The average Bonchev–Trinajstić information content (AvgIpc) is 2.68. The van der Waals surface area contributed by atoms with E-state index < -0.39 is 17.5 Å². The van der Waals surface area contributed by atoms with Crippen LogP contribution in [0, 0.1) is 25.5 Å². The average molecular weight is 382 g/mol. The van der Waals surface area contributed by atoms with Gasteiger partial charge < -0.3 is 9.64 Å². The molecule has 2 aromatic carbocycles. The first-order chi connectivity index (χ1) is 13.4. The SMILES string of the molecule is Cc1ccc(C)c(OCC(=O)N(Cc2ccccn2)c2ccc(F)cc2F)c1. The van der Waals surface area contributed by atoms with Crippen molar-refractivity contribution in [1.82, 2.24) is 4.98 Å². The van der Waals surface area contributed by atoms with Gasteiger partial charge in [0.25, 0.3) is 5.91 Å². The van der Waals surface area contributed by atoms with E-state index in [0.29, 0.717) is 11.4 Å². The van der Waals surface area contributed by atoms with Gasteiger partial charge in [0.1, 0.15) is 17.4 Å². The third-order valence-electron chi connectivity index (χ3n) is 4.24. The molecular formula is C22H20F2N2O2. The second-order valence-electron chi connectivity index (χ2n) is 6.45. The van der Waals surface area contributed by atoms with Gasteiger partial charge in [-0.05, 0) is 55.3 Å². The van der Waals surface area contributed by atoms with Crippen LogP contribution in [0.25, 0.3) is 0 Å². The number of carbonyl (C=O) groups excluding carboxylic acids is 1. The van der Waals surface area contributed by atoms with Crippen molar-refractivity contribution in [3.8, 4) is 5.75 Å². The number of anilines is 1. The Morgan fingerprint density at radius 1 is 1.07 bits per heavy atom. The van der Waals surface area contributed by atoms with E-state index in [9.17, 15) is 13.6 Å². The quantitative estimate of drug-likeness (QED) is 0.626. The summed E-state index contributed by atoms with van der Waals surface area (Å²) in [6, 6.07) is 14.0. The van der Waals surface area contributed by atoms with Gasteiger partial charge in [-0.1, -0.05) is 18.2 Å². The summed E-state index contributed by atoms with van der Waals surface area (Å²) in [5.74, 6) is -1.41. The van der Waals surface area contributed by atoms with Crippen LogP contribution in [0.2, 0.25) is 0 Å². The summed E-state index contributed by atoms with van der Waals surface area (Å²) in [6.45, 7) is 3.56. The molecule has 1 amide bonds. The molecule has 6 heteroatoms. The largest absolute Gasteiger partial charge is 0.483 e. The molecular weight excluding hydrogens is 362 g/mol. The zero-order valence-corrected chi connectivity index (χ0v) is 15.7. The first-order valence-electron chi connectivity index (χ1n) is 8.79. The number of aromatic nitrogens is 1. The highest BCUT2D eigenvalue weighted by Crippen LogP contribution is 2.23. The number of pyridine rings is 1. The summed E-state index contributed by atoms with van der Waals surface area (Å²) < 4.78 is 33.3. The molecule has 28 heavy (non-hydrogen) atoms. The van der Waals surface area contributed by atoms with E-state index in [0.717, 1.165) is 23.3 Å². The predicted octanol–water partition coefficient (Wildman–Crippen LogP) is 4.59. The monoisotopic (exact) mass is 382 g/mol. The number of nitrogens with zero attached hydrogens (tertiary/aromatic N) is 2. The van der Waals surface area contributed by atoms with Gasteiger partial charge >= 0.3 is 0 Å². The van der Waals surface area contributed by atoms with Gasteiger partial charge in [0, 0.05) is 12.3 Å². The molecule has 0 fully saturated rings. The molecule has 3 aromatic rings. The van der Waals surface area contributed by atoms with Gasteiger partial charge in [0.05, 0.1) is 17.9 Å². The second-order valence-corrected chi connectivity index (χ2v) is 6.45. The second kappa shape index (κ2) is 8.61. The summed E-state index contributed by atoms with van der Waals surface area (Å²) in [4.78, 5) is 18.3. The first kappa shape index (κ1) is 19.5. The minimum absolute atomic E-state index is 0.0263. The van der Waals surface area contributed by atoms with Crippen molar-refractivity contribution in [2.45, 2.75) is 20.4 Å². The maximum Gasteiger partial charge on any atom is 0.265 e. The van der Waals surface area contributed by atoms with Crippen LogP contribution in [-0.2, 0) is 11.3 Å². The van der Waals surface area contributed by atoms with Crippen molar-refractivity contribution in [3.05, 3.63) is 89.2 Å². The molecule has 0 saturated carbocycles. The highest BCUT2D eigenvalue weighted by molar-refractivity contribution is 5.94. The topological polar surface area (TPSA) is 42.4 Å². The maximum atomic E-state index is 14.3. The Labute approximate surface area is 162 Å². The normalized spacial score (nSPS) is 10.6. The fourth-order valence-electron chi connectivity index (χ4n) is 2.74. The van der Waals surface area contributed by atoms with Gasteiger partial charge in [0.15, 0.2) is 6.61 Å². The predicted molar refractivity (Wildman–Crippen MR) is 103 cm³/mol. The van der Waals surface area contributed by atoms with Crippen LogP contribution in [-0.4, -0.2) is 17.5 Å². The number of halogens is 2. The van der Waals surface area contributed by atoms with Gasteiger partial charge in [-0.2, -0.15) is 0 Å². The van der Waals surface area contributed by atoms with Gasteiger partial charge in [-0.25, -0.2) is 8.78 Å². The Kier molecular flexibility index (Phi) is 5.99. The minimum Gasteiger partial charge on any atom is -0.483 e. The number of ether oxygens (including phenoxy) is 1. The summed E-state index contributed by atoms with van der Waals surface area (Å²) in [5.41, 5.74) is 2.44. The fraction of sp³-hybridized carbons (Fsp3) is 0.182. The number of benzene rings is 2. The molecule has 144 valence electrons. The van der Waals surface area contributed by atoms with Crippen LogP contribution in [0.1, 0.15) is 16.8 Å². The molecule has 0 atom stereocenters. The molecule has 4 nitrogen and oxygen atoms in total. The molecule has 0 radical (unpaired) electrons. The lowest BCUT2D eigenvalue weighted by atomic mass is 10.1. The molecule has 0 aliphatic heterocycles. The van der Waals surface area contributed by atoms with Crippen molar-refractivity contribution in [2.24, 2.45) is 0 Å². The van der Waals surface area contributed by atoms with Crippen molar-refractivity contribution >= 4 is 11.6 Å². The summed E-state index contributed by atoms with van der Waals surface area (Å²) in [7, 11) is 0. The van der Waals surface area contributed by atoms with Crippen LogP contribution in [0.4, 0.5) is 14.5 Å². The molecule has 1 aromatic heterocycles. The van der Waals surface area contributed by atoms with Crippen LogP contribution in [0.5, 0.6) is 5.75 Å². The molecule has 0 bridgehead atoms. The van der Waals surface area contributed by atoms with E-state index in [1.165, 1.54) is 11.0 Å². The summed E-state index contributed by atoms with van der Waals surface area (Å²) in [5, 5.41) is 0. The van der Waals surface area contributed by atoms with Gasteiger partial charge in [-0.15, -0.1) is 0 Å². The molecule has 3 rings (SSSR count). The van der Waals surface area contributed by atoms with Crippen LogP contribution >= 0.6 is 0 Å². The van der Waals surface area contributed by atoms with Crippen molar-refractivity contribution in [1.29, 1.82) is 0 Å². The molecule has 0 aliphatic carbocycles. The van der Waals surface area contributed by atoms with Crippen LogP contribution in [0.3, 0.4) is 0 Å². The molecule has 0 spiro atoms. The Bertz CT molecular complexity index is 978. The van der Waals surface area contributed by atoms with E-state index in [4.69, 9.17) is 4.74 Å². The van der Waals surface area contributed by atoms with Crippen LogP contribution in [0.15, 0.2) is 60.8 Å². The first-order valence-corrected chi connectivity index (χ1v) is 8.79. The molecule has 0 unspecified atom stereocenters. The van der Waals surface area contributed by atoms with Crippen molar-refractivity contribution < 1.29 is 18.3 Å². The third kappa shape index (κ3) is 4.71. The third-order valence-corrected chi connectivity index (χ3v) is 4.24. The van der Waals surface area contributed by atoms with E-state index in [-0.39, 0.29) is 18.8 Å². The van der Waals surface area contributed by atoms with E-state index in [1.54, 1.807) is 24.4 Å². The molecule has 0 N–H and O–H groups in total. The van der Waals surface area contributed by atoms with Gasteiger partial charge in [0.2, 0.25) is 0 Å². The number of hydrogen-bond acceptors (Lipinski definition) is 3. The Morgan fingerprint density at radius 2 is 1.89 bits per heavy atom. The summed E-state index contributed by atoms with van der Waals surface area (Å²) >= 11 is 0. The molecule has 1 heterocycles. The maximum absolute atomic E-state index is 14.3. The number of amides is 1. The van der Waals surface area contributed by atoms with Crippen molar-refractivity contribution in [3.63, 3.8) is 0 Å². The lowest BCUT2D eigenvalue weighted by molar-refractivity contribution is -0.120. The number of rotatable bonds is 6. The fourth-order valence-corrected chi connectivity index (χ4v) is 2.74. The zero-order chi connectivity index (χ0) is 20.1. The van der Waals surface area contributed by atoms with Gasteiger partial charge in [-0.3, -0.25) is 9.78 Å². The highest BCUT2D eigenvalue weighted by Gasteiger charge is 2.21. The smallest absolute Gasteiger partial charge is 0.265 e. The van der Waals surface area contributed by atoms with Crippen LogP contribution < -0.4 is 9.64 Å².